The van der Waals surface area contributed by atoms with E-state index in [-0.39, 0.29) is 10.7 Å². The van der Waals surface area contributed by atoms with Crippen LogP contribution < -0.4 is 19.3 Å². The van der Waals surface area contributed by atoms with Crippen molar-refractivity contribution < 1.29 is 19.1 Å². The summed E-state index contributed by atoms with van der Waals surface area (Å²) in [4.78, 5) is 30.0. The van der Waals surface area contributed by atoms with Gasteiger partial charge in [-0.05, 0) is 68.5 Å². The van der Waals surface area contributed by atoms with Crippen LogP contribution in [0.3, 0.4) is 0 Å². The molecule has 6 nitrogen and oxygen atoms in total. The van der Waals surface area contributed by atoms with Gasteiger partial charge in [0.1, 0.15) is 17.1 Å². The maximum Gasteiger partial charge on any atom is 0.270 e. The van der Waals surface area contributed by atoms with Crippen LogP contribution in [0.4, 0.5) is 11.4 Å². The van der Waals surface area contributed by atoms with Crippen LogP contribution in [-0.4, -0.2) is 30.1 Å². The number of para-hydroxylation sites is 2. The number of carbonyl (C=O) groups is 2. The Morgan fingerprint density at radius 3 is 1.79 bits per heavy atom. The smallest absolute Gasteiger partial charge is 0.270 e. The number of rotatable bonds is 7. The number of benzene rings is 3. The lowest BCUT2D eigenvalue weighted by atomic mass is 10.0. The average molecular weight is 473 g/mol. The van der Waals surface area contributed by atoms with Crippen molar-refractivity contribution >= 4 is 46.6 Å². The van der Waals surface area contributed by atoms with Crippen molar-refractivity contribution in [3.8, 4) is 11.5 Å². The molecule has 0 atom stereocenters. The number of amides is 2. The summed E-state index contributed by atoms with van der Waals surface area (Å²) < 4.78 is 11.4. The first-order chi connectivity index (χ1) is 16.5. The molecule has 4 rings (SSSR count). The molecule has 0 unspecified atom stereocenters. The van der Waals surface area contributed by atoms with Gasteiger partial charge in [0.05, 0.1) is 24.6 Å². The van der Waals surface area contributed by atoms with Crippen LogP contribution in [0.2, 0.25) is 0 Å². The van der Waals surface area contributed by atoms with Gasteiger partial charge in [0.2, 0.25) is 0 Å². The van der Waals surface area contributed by atoms with E-state index >= 15 is 0 Å². The predicted octanol–water partition coefficient (Wildman–Crippen LogP) is 5.23. The summed E-state index contributed by atoms with van der Waals surface area (Å²) in [7, 11) is 0. The van der Waals surface area contributed by atoms with Gasteiger partial charge in [0, 0.05) is 11.6 Å². The molecule has 0 bridgehead atoms. The molecule has 0 saturated carbocycles. The van der Waals surface area contributed by atoms with Crippen molar-refractivity contribution in [1.82, 2.24) is 0 Å². The molecular weight excluding hydrogens is 448 g/mol. The van der Waals surface area contributed by atoms with E-state index in [0.717, 1.165) is 0 Å². The van der Waals surface area contributed by atoms with Gasteiger partial charge < -0.3 is 9.47 Å². The van der Waals surface area contributed by atoms with E-state index in [1.807, 2.05) is 50.2 Å². The van der Waals surface area contributed by atoms with Gasteiger partial charge >= 0.3 is 0 Å². The van der Waals surface area contributed by atoms with Crippen LogP contribution in [0.25, 0.3) is 6.08 Å². The van der Waals surface area contributed by atoms with Crippen molar-refractivity contribution in [2.24, 2.45) is 0 Å². The van der Waals surface area contributed by atoms with Crippen molar-refractivity contribution in [1.29, 1.82) is 0 Å². The summed E-state index contributed by atoms with van der Waals surface area (Å²) in [6.07, 6.45) is 1.55. The first kappa shape index (κ1) is 23.2. The number of anilines is 2. The quantitative estimate of drug-likeness (QED) is 0.268. The van der Waals surface area contributed by atoms with Gasteiger partial charge in [0.15, 0.2) is 5.11 Å². The summed E-state index contributed by atoms with van der Waals surface area (Å²) in [6.45, 7) is 4.70. The monoisotopic (exact) mass is 472 g/mol. The highest BCUT2D eigenvalue weighted by atomic mass is 32.1. The van der Waals surface area contributed by atoms with E-state index in [1.54, 1.807) is 48.5 Å². The van der Waals surface area contributed by atoms with Crippen molar-refractivity contribution in [2.45, 2.75) is 13.8 Å². The van der Waals surface area contributed by atoms with Crippen LogP contribution in [0, 0.1) is 0 Å². The molecule has 0 aliphatic carbocycles. The molecule has 1 saturated heterocycles. The Labute approximate surface area is 204 Å². The first-order valence-electron chi connectivity index (χ1n) is 11.0. The molecule has 1 aliphatic rings. The third-order valence-corrected chi connectivity index (χ3v) is 5.54. The molecule has 0 N–H and O–H groups in total. The molecule has 1 aliphatic heterocycles. The fraction of sp³-hybridized carbons (Fsp3) is 0.148. The van der Waals surface area contributed by atoms with E-state index in [0.29, 0.717) is 41.7 Å². The Kier molecular flexibility index (Phi) is 7.04. The normalized spacial score (nSPS) is 13.8. The third kappa shape index (κ3) is 4.56. The molecule has 2 amide bonds. The summed E-state index contributed by atoms with van der Waals surface area (Å²) in [5.41, 5.74) is 1.73. The minimum atomic E-state index is -0.496. The Morgan fingerprint density at radius 1 is 0.765 bits per heavy atom. The molecule has 3 aromatic carbocycles. The standard InChI is InChI=1S/C27H24N2O4S/c1-3-32-22-16-15-19(24(18-22)33-4-2)17-23-25(30)28(20-11-7-5-8-12-20)27(34)29(26(23)31)21-13-9-6-10-14-21/h5-18H,3-4H2,1-2H3. The largest absolute Gasteiger partial charge is 0.494 e. The van der Waals surface area contributed by atoms with Crippen LogP contribution in [0.15, 0.2) is 84.4 Å². The molecule has 0 aromatic heterocycles. The SMILES string of the molecule is CCOc1ccc(C=C2C(=O)N(c3ccccc3)C(=S)N(c3ccccc3)C2=O)c(OCC)c1. The fourth-order valence-corrected chi connectivity index (χ4v) is 4.04. The van der Waals surface area contributed by atoms with E-state index in [1.165, 1.54) is 9.80 Å². The second kappa shape index (κ2) is 10.3. The van der Waals surface area contributed by atoms with Gasteiger partial charge in [-0.25, -0.2) is 0 Å². The Balaban J connectivity index is 1.85. The molecule has 1 fully saturated rings. The lowest BCUT2D eigenvalue weighted by molar-refractivity contribution is -0.120. The van der Waals surface area contributed by atoms with Crippen LogP contribution in [-0.2, 0) is 9.59 Å². The second-order valence-electron chi connectivity index (χ2n) is 7.36. The third-order valence-electron chi connectivity index (χ3n) is 5.17. The average Bonchev–Trinajstić information content (AvgIpc) is 2.85. The van der Waals surface area contributed by atoms with Gasteiger partial charge in [-0.1, -0.05) is 36.4 Å². The van der Waals surface area contributed by atoms with E-state index < -0.39 is 11.8 Å². The predicted molar refractivity (Wildman–Crippen MR) is 137 cm³/mol. The van der Waals surface area contributed by atoms with E-state index in [9.17, 15) is 9.59 Å². The Bertz CT molecular complexity index is 1180. The zero-order valence-corrected chi connectivity index (χ0v) is 19.7. The van der Waals surface area contributed by atoms with Crippen molar-refractivity contribution in [3.05, 3.63) is 90.0 Å². The number of hydrogen-bond acceptors (Lipinski definition) is 5. The molecule has 3 aromatic rings. The number of ether oxygens (including phenoxy) is 2. The summed E-state index contributed by atoms with van der Waals surface area (Å²) in [5, 5.41) is 0.0984. The molecule has 7 heteroatoms. The second-order valence-corrected chi connectivity index (χ2v) is 7.72. The highest BCUT2D eigenvalue weighted by Gasteiger charge is 2.41. The van der Waals surface area contributed by atoms with Crippen LogP contribution >= 0.6 is 12.2 Å². The first-order valence-corrected chi connectivity index (χ1v) is 11.4. The van der Waals surface area contributed by atoms with Gasteiger partial charge in [-0.2, -0.15) is 0 Å². The van der Waals surface area contributed by atoms with Crippen molar-refractivity contribution in [3.63, 3.8) is 0 Å². The van der Waals surface area contributed by atoms with Gasteiger partial charge in [0.25, 0.3) is 11.8 Å². The van der Waals surface area contributed by atoms with Crippen LogP contribution in [0.5, 0.6) is 11.5 Å². The number of hydrogen-bond donors (Lipinski definition) is 0. The highest BCUT2D eigenvalue weighted by Crippen LogP contribution is 2.32. The summed E-state index contributed by atoms with van der Waals surface area (Å²) in [5.74, 6) is 0.175. The molecule has 172 valence electrons. The summed E-state index contributed by atoms with van der Waals surface area (Å²) in [6, 6.07) is 23.4. The fourth-order valence-electron chi connectivity index (χ4n) is 3.67. The van der Waals surface area contributed by atoms with Crippen molar-refractivity contribution in [2.75, 3.05) is 23.0 Å². The van der Waals surface area contributed by atoms with Gasteiger partial charge in [-0.15, -0.1) is 0 Å². The highest BCUT2D eigenvalue weighted by molar-refractivity contribution is 7.81. The Hall–Kier alpha value is -3.97. The zero-order chi connectivity index (χ0) is 24.1. The molecule has 0 spiro atoms. The van der Waals surface area contributed by atoms with E-state index in [2.05, 4.69) is 0 Å². The maximum atomic E-state index is 13.6. The summed E-state index contributed by atoms with van der Waals surface area (Å²) >= 11 is 5.64. The number of thiocarbonyl (C=S) groups is 1. The van der Waals surface area contributed by atoms with Crippen LogP contribution in [0.1, 0.15) is 19.4 Å². The lowest BCUT2D eigenvalue weighted by Crippen LogP contribution is -2.56. The maximum absolute atomic E-state index is 13.6. The van der Waals surface area contributed by atoms with Gasteiger partial charge in [-0.3, -0.25) is 19.4 Å². The number of carbonyl (C=O) groups excluding carboxylic acids is 2. The number of nitrogens with zero attached hydrogens (tertiary/aromatic N) is 2. The zero-order valence-electron chi connectivity index (χ0n) is 18.9. The molecular formula is C27H24N2O4S. The minimum absolute atomic E-state index is 0.0218. The minimum Gasteiger partial charge on any atom is -0.494 e. The molecule has 0 radical (unpaired) electrons. The lowest BCUT2D eigenvalue weighted by Gasteiger charge is -2.36. The molecule has 34 heavy (non-hydrogen) atoms. The molecule has 1 heterocycles. The van der Waals surface area contributed by atoms with E-state index in [4.69, 9.17) is 21.7 Å². The topological polar surface area (TPSA) is 59.1 Å². The Morgan fingerprint density at radius 2 is 1.29 bits per heavy atom.